The van der Waals surface area contributed by atoms with E-state index in [9.17, 15) is 14.0 Å². The molecule has 0 fully saturated rings. The van der Waals surface area contributed by atoms with E-state index in [0.717, 1.165) is 22.8 Å². The topological polar surface area (TPSA) is 89.4 Å². The Labute approximate surface area is 226 Å². The van der Waals surface area contributed by atoms with Crippen molar-refractivity contribution in [2.45, 2.75) is 52.3 Å². The fourth-order valence-corrected chi connectivity index (χ4v) is 5.73. The molecule has 0 bridgehead atoms. The van der Waals surface area contributed by atoms with Gasteiger partial charge in [-0.1, -0.05) is 0 Å². The number of rotatable bonds is 3. The number of aromatic nitrogens is 3. The van der Waals surface area contributed by atoms with Crippen LogP contribution in [0.5, 0.6) is 5.75 Å². The summed E-state index contributed by atoms with van der Waals surface area (Å²) in [5, 5.41) is 5.72. The number of hydrogen-bond donors (Lipinski definition) is 1. The fraction of sp³-hybridized carbons (Fsp3) is 0.370. The number of hydrogen-bond acceptors (Lipinski definition) is 6. The van der Waals surface area contributed by atoms with Gasteiger partial charge in [0.2, 0.25) is 0 Å². The Morgan fingerprint density at radius 3 is 2.51 bits per heavy atom. The van der Waals surface area contributed by atoms with E-state index in [0.29, 0.717) is 18.3 Å². The summed E-state index contributed by atoms with van der Waals surface area (Å²) in [6.07, 6.45) is -0.482. The molecule has 1 aliphatic rings. The third-order valence-electron chi connectivity index (χ3n) is 6.60. The van der Waals surface area contributed by atoms with E-state index in [1.807, 2.05) is 13.8 Å². The first kappa shape index (κ1) is 26.8. The molecule has 0 aliphatic carbocycles. The van der Waals surface area contributed by atoms with Gasteiger partial charge in [0.25, 0.3) is 5.56 Å². The van der Waals surface area contributed by atoms with Crippen LogP contribution in [0.4, 0.5) is 18.0 Å². The normalized spacial score (nSPS) is 17.4. The van der Waals surface area contributed by atoms with Crippen LogP contribution in [0.1, 0.15) is 52.4 Å². The molecule has 206 valence electrons. The first-order chi connectivity index (χ1) is 18.3. The van der Waals surface area contributed by atoms with Gasteiger partial charge in [0.05, 0.1) is 36.1 Å². The summed E-state index contributed by atoms with van der Waals surface area (Å²) < 4.78 is 57.2. The van der Waals surface area contributed by atoms with E-state index in [-0.39, 0.29) is 44.4 Å². The number of pyridine rings is 1. The number of thiophene rings is 1. The second kappa shape index (κ2) is 9.44. The van der Waals surface area contributed by atoms with Crippen LogP contribution in [0.25, 0.3) is 32.6 Å². The Balaban J connectivity index is 1.74. The van der Waals surface area contributed by atoms with E-state index < -0.39 is 40.7 Å². The van der Waals surface area contributed by atoms with Crippen molar-refractivity contribution in [3.8, 4) is 28.3 Å². The molecule has 0 saturated heterocycles. The number of methoxy groups -OCH3 is 1. The Morgan fingerprint density at radius 1 is 1.13 bits per heavy atom. The molecule has 0 spiro atoms. The van der Waals surface area contributed by atoms with Crippen molar-refractivity contribution in [2.24, 2.45) is 0 Å². The molecule has 8 nitrogen and oxygen atoms in total. The summed E-state index contributed by atoms with van der Waals surface area (Å²) in [5.74, 6) is -2.77. The van der Waals surface area contributed by atoms with Crippen molar-refractivity contribution >= 4 is 27.5 Å². The van der Waals surface area contributed by atoms with E-state index in [2.05, 4.69) is 10.1 Å². The molecule has 0 unspecified atom stereocenters. The van der Waals surface area contributed by atoms with Crippen LogP contribution < -0.4 is 10.3 Å². The molecule has 4 aromatic rings. The predicted molar refractivity (Wildman–Crippen MR) is 142 cm³/mol. The van der Waals surface area contributed by atoms with E-state index >= 15 is 8.78 Å². The number of ether oxygens (including phenoxy) is 2. The number of fused-ring (bicyclic) bond motifs is 2. The molecule has 4 heterocycles. The van der Waals surface area contributed by atoms with Gasteiger partial charge in [-0.2, -0.15) is 5.10 Å². The Bertz CT molecular complexity index is 1670. The molecule has 0 saturated carbocycles. The van der Waals surface area contributed by atoms with Crippen molar-refractivity contribution in [1.29, 1.82) is 0 Å². The van der Waals surface area contributed by atoms with Crippen molar-refractivity contribution < 1.29 is 27.4 Å². The average molecular weight is 561 g/mol. The van der Waals surface area contributed by atoms with Gasteiger partial charge in [0.15, 0.2) is 0 Å². The highest BCUT2D eigenvalue weighted by Crippen LogP contribution is 2.44. The van der Waals surface area contributed by atoms with Crippen LogP contribution in [0.3, 0.4) is 0 Å². The number of nitrogens with zero attached hydrogens (tertiary/aromatic N) is 3. The zero-order chi connectivity index (χ0) is 28.4. The van der Waals surface area contributed by atoms with Gasteiger partial charge in [-0.15, -0.1) is 11.3 Å². The van der Waals surface area contributed by atoms with Gasteiger partial charge < -0.3 is 14.5 Å². The Kier molecular flexibility index (Phi) is 6.48. The molecule has 1 amide bonds. The number of halogens is 3. The molecule has 2 atom stereocenters. The molecule has 1 aliphatic heterocycles. The highest BCUT2D eigenvalue weighted by atomic mass is 32.1. The molecule has 1 N–H and O–H groups in total. The van der Waals surface area contributed by atoms with E-state index in [4.69, 9.17) is 9.47 Å². The minimum absolute atomic E-state index is 0.0162. The van der Waals surface area contributed by atoms with E-state index in [1.165, 1.54) is 7.11 Å². The van der Waals surface area contributed by atoms with Crippen LogP contribution in [0, 0.1) is 17.5 Å². The molecule has 12 heteroatoms. The molecule has 0 radical (unpaired) electrons. The highest BCUT2D eigenvalue weighted by molar-refractivity contribution is 7.17. The number of nitrogens with one attached hydrogen (secondary N) is 1. The van der Waals surface area contributed by atoms with Gasteiger partial charge in [-0.25, -0.2) is 18.0 Å². The first-order valence-electron chi connectivity index (χ1n) is 12.3. The standard InChI is InChI=1S/C27H27F3N4O4S/c1-12-10-33(26(36)38-27(3,4)5)13(2)18-9-17(32-34(12)18)23-22(20-15(29)7-14(28)8-19(20)37-6)21-16(30)11-39-24(21)25(35)31-23/h7-9,11-13H,10H2,1-6H3,(H,31,35)/t12-,13+/m0/s1. The van der Waals surface area contributed by atoms with Crippen molar-refractivity contribution in [1.82, 2.24) is 19.7 Å². The average Bonchev–Trinajstić information content (AvgIpc) is 3.46. The Hall–Kier alpha value is -3.80. The number of carbonyl (C=O) groups excluding carboxylic acids is 1. The number of H-pyrrole nitrogens is 1. The summed E-state index contributed by atoms with van der Waals surface area (Å²) >= 11 is 0.872. The maximum atomic E-state index is 15.4. The second-order valence-corrected chi connectivity index (χ2v) is 11.4. The maximum absolute atomic E-state index is 15.4. The zero-order valence-corrected chi connectivity index (χ0v) is 23.0. The van der Waals surface area contributed by atoms with Gasteiger partial charge in [0, 0.05) is 35.0 Å². The monoisotopic (exact) mass is 560 g/mol. The number of benzene rings is 1. The number of amides is 1. The van der Waals surface area contributed by atoms with Crippen molar-refractivity contribution in [3.05, 3.63) is 57.1 Å². The first-order valence-corrected chi connectivity index (χ1v) is 13.1. The Morgan fingerprint density at radius 2 is 1.85 bits per heavy atom. The lowest BCUT2D eigenvalue weighted by Crippen LogP contribution is -2.45. The number of aromatic amines is 1. The molecule has 5 rings (SSSR count). The van der Waals surface area contributed by atoms with Crippen LogP contribution in [-0.4, -0.2) is 45.0 Å². The van der Waals surface area contributed by atoms with Crippen LogP contribution in [0.2, 0.25) is 0 Å². The minimum Gasteiger partial charge on any atom is -0.496 e. The van der Waals surface area contributed by atoms with Crippen LogP contribution in [-0.2, 0) is 4.74 Å². The van der Waals surface area contributed by atoms with Crippen LogP contribution in [0.15, 0.2) is 28.4 Å². The quantitative estimate of drug-likeness (QED) is 0.312. The number of carbonyl (C=O) groups is 1. The molecular weight excluding hydrogens is 533 g/mol. The summed E-state index contributed by atoms with van der Waals surface area (Å²) in [4.78, 5) is 30.3. The fourth-order valence-electron chi connectivity index (χ4n) is 4.92. The predicted octanol–water partition coefficient (Wildman–Crippen LogP) is 6.42. The summed E-state index contributed by atoms with van der Waals surface area (Å²) in [7, 11) is 1.24. The molecule has 3 aromatic heterocycles. The maximum Gasteiger partial charge on any atom is 0.410 e. The highest BCUT2D eigenvalue weighted by Gasteiger charge is 2.36. The lowest BCUT2D eigenvalue weighted by Gasteiger charge is -2.38. The molecular formula is C27H27F3N4O4S. The second-order valence-electron chi connectivity index (χ2n) is 10.5. The van der Waals surface area contributed by atoms with Crippen molar-refractivity contribution in [3.63, 3.8) is 0 Å². The third kappa shape index (κ3) is 4.56. The summed E-state index contributed by atoms with van der Waals surface area (Å²) in [6.45, 7) is 9.36. The zero-order valence-electron chi connectivity index (χ0n) is 22.2. The molecule has 39 heavy (non-hydrogen) atoms. The lowest BCUT2D eigenvalue weighted by molar-refractivity contribution is 0.00865. The summed E-state index contributed by atoms with van der Waals surface area (Å²) in [6, 6.07) is 2.60. The lowest BCUT2D eigenvalue weighted by atomic mass is 9.96. The van der Waals surface area contributed by atoms with Gasteiger partial charge >= 0.3 is 6.09 Å². The summed E-state index contributed by atoms with van der Waals surface area (Å²) in [5.41, 5.74) is -0.595. The third-order valence-corrected chi connectivity index (χ3v) is 7.55. The minimum atomic E-state index is -0.992. The van der Waals surface area contributed by atoms with Gasteiger partial charge in [-0.05, 0) is 40.7 Å². The smallest absolute Gasteiger partial charge is 0.410 e. The van der Waals surface area contributed by atoms with Crippen LogP contribution >= 0.6 is 11.3 Å². The van der Waals surface area contributed by atoms with Gasteiger partial charge in [-0.3, -0.25) is 14.4 Å². The van der Waals surface area contributed by atoms with Gasteiger partial charge in [0.1, 0.15) is 39.2 Å². The van der Waals surface area contributed by atoms with Crippen molar-refractivity contribution in [2.75, 3.05) is 13.7 Å². The SMILES string of the molecule is COc1cc(F)cc(F)c1-c1c(-c2cc3n(n2)[C@@H](C)CN(C(=O)OC(C)(C)C)[C@@H]3C)[nH]c(=O)c2scc(F)c12. The largest absolute Gasteiger partial charge is 0.496 e. The molecule has 1 aromatic carbocycles. The van der Waals surface area contributed by atoms with E-state index in [1.54, 1.807) is 36.4 Å².